The van der Waals surface area contributed by atoms with Crippen LogP contribution in [0.2, 0.25) is 0 Å². The maximum Gasteiger partial charge on any atom is 0.472 e. The maximum atomic E-state index is 12.1. The molecule has 0 radical (unpaired) electrons. The zero-order chi connectivity index (χ0) is 16.3. The first-order chi connectivity index (χ1) is 10.3. The van der Waals surface area contributed by atoms with Crippen LogP contribution < -0.4 is 0 Å². The molecule has 0 aromatic rings. The quantitative estimate of drug-likeness (QED) is 0.492. The van der Waals surface area contributed by atoms with Crippen LogP contribution in [0.5, 0.6) is 0 Å². The molecule has 0 saturated carbocycles. The minimum atomic E-state index is -4.14. The second-order valence-electron chi connectivity index (χ2n) is 6.03. The van der Waals surface area contributed by atoms with Crippen molar-refractivity contribution in [3.05, 3.63) is 0 Å². The van der Waals surface area contributed by atoms with Crippen molar-refractivity contribution in [2.45, 2.75) is 62.6 Å². The smallest absolute Gasteiger partial charge is 0.381 e. The van der Waals surface area contributed by atoms with Gasteiger partial charge in [-0.05, 0) is 19.3 Å². The van der Waals surface area contributed by atoms with Crippen molar-refractivity contribution in [2.75, 3.05) is 13.7 Å². The van der Waals surface area contributed by atoms with Crippen molar-refractivity contribution < 1.29 is 32.7 Å². The fraction of sp³-hybridized carbons (Fsp3) is 1.00. The highest BCUT2D eigenvalue weighted by molar-refractivity contribution is 7.47. The number of phosphoric acid groups is 1. The lowest BCUT2D eigenvalue weighted by Gasteiger charge is -2.23. The van der Waals surface area contributed by atoms with Crippen LogP contribution in [0.3, 0.4) is 0 Å². The first kappa shape index (κ1) is 18.5. The van der Waals surface area contributed by atoms with Crippen LogP contribution in [-0.2, 0) is 27.8 Å². The topological polar surface area (TPSA) is 83.5 Å². The Morgan fingerprint density at radius 3 is 2.36 bits per heavy atom. The Hall–Kier alpha value is 0.120. The molecule has 2 aliphatic rings. The average molecular weight is 334 g/mol. The number of phosphoric ester groups is 1. The highest BCUT2D eigenvalue weighted by Gasteiger charge is 2.40. The maximum absolute atomic E-state index is 12.1. The van der Waals surface area contributed by atoms with Gasteiger partial charge in [0.15, 0.2) is 0 Å². The van der Waals surface area contributed by atoms with Crippen LogP contribution in [-0.4, -0.2) is 70.7 Å². The first-order valence-corrected chi connectivity index (χ1v) is 9.33. The Kier molecular flexibility index (Phi) is 6.54. The number of rotatable bonds is 7. The number of ether oxygens (including phenoxy) is 3. The fourth-order valence-corrected chi connectivity index (χ4v) is 4.04. The lowest BCUT2D eigenvalue weighted by atomic mass is 9.96. The summed E-state index contributed by atoms with van der Waals surface area (Å²) in [4.78, 5) is 9.92. The predicted octanol–water partition coefficient (Wildman–Crippen LogP) is -0.590. The van der Waals surface area contributed by atoms with Crippen molar-refractivity contribution in [2.24, 2.45) is 0 Å². The zero-order valence-corrected chi connectivity index (χ0v) is 14.5. The minimum Gasteiger partial charge on any atom is -0.381 e. The molecule has 2 saturated heterocycles. The Bertz CT molecular complexity index is 413. The third kappa shape index (κ3) is 4.81. The normalized spacial score (nSPS) is 41.6. The van der Waals surface area contributed by atoms with Gasteiger partial charge in [-0.3, -0.25) is 9.05 Å². The van der Waals surface area contributed by atoms with Gasteiger partial charge in [-0.1, -0.05) is 6.92 Å². The first-order valence-electron chi connectivity index (χ1n) is 7.84. The number of hydrogen-bond donors (Lipinski definition) is 1. The largest absolute Gasteiger partial charge is 0.472 e. The van der Waals surface area contributed by atoms with E-state index in [9.17, 15) is 9.46 Å². The Morgan fingerprint density at radius 1 is 1.18 bits per heavy atom. The molecular weight excluding hydrogens is 309 g/mol. The molecule has 0 bridgehead atoms. The monoisotopic (exact) mass is 334 g/mol. The molecule has 126 valence electrons. The van der Waals surface area contributed by atoms with Gasteiger partial charge >= 0.3 is 7.82 Å². The molecule has 2 fully saturated rings. The van der Waals surface area contributed by atoms with Gasteiger partial charge in [0.05, 0.1) is 24.9 Å². The third-order valence-corrected chi connectivity index (χ3v) is 5.16. The molecule has 22 heavy (non-hydrogen) atoms. The third-order valence-electron chi connectivity index (χ3n) is 4.15. The summed E-state index contributed by atoms with van der Waals surface area (Å²) in [5.74, 6) is 0. The summed E-state index contributed by atoms with van der Waals surface area (Å²) in [5.41, 5.74) is 0. The Balaban J connectivity index is 1.84. The van der Waals surface area contributed by atoms with E-state index in [1.807, 2.05) is 22.6 Å². The van der Waals surface area contributed by atoms with Crippen molar-refractivity contribution >= 4 is 23.5 Å². The molecular formula is C12H25B2O7P. The second kappa shape index (κ2) is 7.79. The standard InChI is InChI=1S/C12H25B2O7P/c1-3-7-9(5-12(14)19-7)21-22(15,16)18-6-10-8(17-2)4-11(13)20-10/h7-12H,3-6,13-14H2,1-2H3,(H,15,16)/t7-,8-,9-,10-,11?,12-/m1/s1. The van der Waals surface area contributed by atoms with Crippen LogP contribution in [0.15, 0.2) is 0 Å². The minimum absolute atomic E-state index is 0.0202. The van der Waals surface area contributed by atoms with Crippen molar-refractivity contribution in [3.63, 3.8) is 0 Å². The average Bonchev–Trinajstić information content (AvgIpc) is 2.98. The highest BCUT2D eigenvalue weighted by atomic mass is 31.2. The van der Waals surface area contributed by atoms with Gasteiger partial charge in [0.1, 0.15) is 21.8 Å². The summed E-state index contributed by atoms with van der Waals surface area (Å²) in [6, 6.07) is 0.0675. The molecule has 2 heterocycles. The molecule has 2 aliphatic heterocycles. The number of hydrogen-bond acceptors (Lipinski definition) is 6. The van der Waals surface area contributed by atoms with E-state index in [2.05, 4.69) is 0 Å². The van der Waals surface area contributed by atoms with Gasteiger partial charge in [-0.25, -0.2) is 4.57 Å². The lowest BCUT2D eigenvalue weighted by molar-refractivity contribution is -0.0285. The van der Waals surface area contributed by atoms with E-state index < -0.39 is 13.9 Å². The highest BCUT2D eigenvalue weighted by Crippen LogP contribution is 2.48. The van der Waals surface area contributed by atoms with E-state index in [0.29, 0.717) is 6.42 Å². The molecule has 1 N–H and O–H groups in total. The van der Waals surface area contributed by atoms with E-state index in [-0.39, 0.29) is 36.9 Å². The van der Waals surface area contributed by atoms with Crippen molar-refractivity contribution in [1.29, 1.82) is 0 Å². The molecule has 0 amide bonds. The summed E-state index contributed by atoms with van der Waals surface area (Å²) >= 11 is 0. The van der Waals surface area contributed by atoms with Crippen LogP contribution in [0.4, 0.5) is 0 Å². The second-order valence-corrected chi connectivity index (χ2v) is 7.44. The summed E-state index contributed by atoms with van der Waals surface area (Å²) in [6.07, 6.45) is 0.977. The van der Waals surface area contributed by atoms with E-state index in [0.717, 1.165) is 12.8 Å². The van der Waals surface area contributed by atoms with Gasteiger partial charge in [0.2, 0.25) is 0 Å². The van der Waals surface area contributed by atoms with Gasteiger partial charge < -0.3 is 19.1 Å². The molecule has 7 nitrogen and oxygen atoms in total. The van der Waals surface area contributed by atoms with Crippen molar-refractivity contribution in [1.82, 2.24) is 0 Å². The molecule has 10 heteroatoms. The molecule has 0 aromatic carbocycles. The van der Waals surface area contributed by atoms with Crippen LogP contribution in [0.1, 0.15) is 26.2 Å². The van der Waals surface area contributed by atoms with E-state index >= 15 is 0 Å². The zero-order valence-electron chi connectivity index (χ0n) is 13.6. The van der Waals surface area contributed by atoms with Gasteiger partial charge in [0, 0.05) is 19.1 Å². The van der Waals surface area contributed by atoms with Crippen molar-refractivity contribution in [3.8, 4) is 0 Å². The molecule has 0 spiro atoms. The molecule has 0 aromatic heterocycles. The predicted molar refractivity (Wildman–Crippen MR) is 85.4 cm³/mol. The fourth-order valence-electron chi connectivity index (χ4n) is 3.07. The summed E-state index contributed by atoms with van der Waals surface area (Å²) < 4.78 is 39.1. The summed E-state index contributed by atoms with van der Waals surface area (Å²) in [5, 5.41) is 0. The molecule has 0 aliphatic carbocycles. The van der Waals surface area contributed by atoms with Crippen LogP contribution >= 0.6 is 7.82 Å². The Morgan fingerprint density at radius 2 is 1.77 bits per heavy atom. The SMILES string of the molecule is BC1C[C@@H](OC)[C@@H](COP(=O)(O)O[C@@H]2C[C@H](B)O[C@@H]2CC)O1. The molecule has 2 rings (SSSR count). The summed E-state index contributed by atoms with van der Waals surface area (Å²) in [7, 11) is 1.31. The molecule has 7 atom stereocenters. The summed E-state index contributed by atoms with van der Waals surface area (Å²) in [6.45, 7) is 1.93. The lowest BCUT2D eigenvalue weighted by Crippen LogP contribution is -2.29. The Labute approximate surface area is 133 Å². The van der Waals surface area contributed by atoms with Crippen LogP contribution in [0.25, 0.3) is 0 Å². The van der Waals surface area contributed by atoms with Gasteiger partial charge in [0.25, 0.3) is 0 Å². The van der Waals surface area contributed by atoms with E-state index in [1.165, 1.54) is 0 Å². The van der Waals surface area contributed by atoms with Gasteiger partial charge in [-0.2, -0.15) is 0 Å². The van der Waals surface area contributed by atoms with E-state index in [1.54, 1.807) is 7.11 Å². The van der Waals surface area contributed by atoms with Gasteiger partial charge in [-0.15, -0.1) is 0 Å². The van der Waals surface area contributed by atoms with E-state index in [4.69, 9.17) is 23.3 Å². The molecule has 2 unspecified atom stereocenters. The van der Waals surface area contributed by atoms with Crippen LogP contribution in [0, 0.1) is 0 Å². The number of methoxy groups -OCH3 is 1.